The van der Waals surface area contributed by atoms with Crippen molar-refractivity contribution in [2.24, 2.45) is 0 Å². The van der Waals surface area contributed by atoms with E-state index in [0.717, 1.165) is 32.1 Å². The fourth-order valence-electron chi connectivity index (χ4n) is 1.99. The van der Waals surface area contributed by atoms with Crippen LogP contribution in [0.1, 0.15) is 71.1 Å². The molecule has 0 aliphatic heterocycles. The van der Waals surface area contributed by atoms with E-state index < -0.39 is 0 Å². The average Bonchev–Trinajstić information content (AvgIpc) is 2.50. The van der Waals surface area contributed by atoms with Gasteiger partial charge in [0.1, 0.15) is 0 Å². The summed E-state index contributed by atoms with van der Waals surface area (Å²) in [6.07, 6.45) is 24.1. The van der Waals surface area contributed by atoms with Gasteiger partial charge in [0.2, 0.25) is 0 Å². The smallest absolute Gasteiger partial charge is 0.305 e. The molecule has 0 saturated heterocycles. The molecule has 0 bridgehead atoms. The summed E-state index contributed by atoms with van der Waals surface area (Å²) in [5.74, 6) is -0.0869. The Bertz CT molecular complexity index is 314. The number of carbonyl (C=O) groups excluding carboxylic acids is 1. The zero-order valence-electron chi connectivity index (χ0n) is 13.9. The van der Waals surface area contributed by atoms with Crippen molar-refractivity contribution >= 4 is 5.97 Å². The van der Waals surface area contributed by atoms with Gasteiger partial charge < -0.3 is 4.74 Å². The van der Waals surface area contributed by atoms with Crippen LogP contribution in [0.5, 0.6) is 0 Å². The normalized spacial score (nSPS) is 11.9. The summed E-state index contributed by atoms with van der Waals surface area (Å²) in [5, 5.41) is 0. The Kier molecular flexibility index (Phi) is 15.7. The predicted octanol–water partition coefficient (Wildman–Crippen LogP) is 5.75. The molecule has 0 aliphatic carbocycles. The molecule has 0 aromatic heterocycles. The summed E-state index contributed by atoms with van der Waals surface area (Å²) in [4.78, 5) is 10.9. The predicted molar refractivity (Wildman–Crippen MR) is 91.3 cm³/mol. The number of unbranched alkanes of at least 4 members (excludes halogenated alkanes) is 5. The van der Waals surface area contributed by atoms with Crippen molar-refractivity contribution in [2.45, 2.75) is 71.1 Å². The molecule has 0 heterocycles. The van der Waals surface area contributed by atoms with Crippen LogP contribution in [0.4, 0.5) is 0 Å². The van der Waals surface area contributed by atoms with Gasteiger partial charge in [0.25, 0.3) is 0 Å². The molecule has 21 heavy (non-hydrogen) atoms. The van der Waals surface area contributed by atoms with Crippen LogP contribution in [0.15, 0.2) is 36.5 Å². The summed E-state index contributed by atoms with van der Waals surface area (Å²) < 4.78 is 4.61. The molecule has 0 rings (SSSR count). The van der Waals surface area contributed by atoms with Crippen LogP contribution in [0.3, 0.4) is 0 Å². The Morgan fingerprint density at radius 2 is 1.38 bits per heavy atom. The minimum atomic E-state index is -0.0869. The molecule has 0 aliphatic rings. The zero-order chi connectivity index (χ0) is 15.6. The third kappa shape index (κ3) is 16.6. The number of hydrogen-bond acceptors (Lipinski definition) is 2. The molecular formula is C19H32O2. The number of rotatable bonds is 13. The van der Waals surface area contributed by atoms with Crippen molar-refractivity contribution in [2.75, 3.05) is 7.11 Å². The third-order valence-corrected chi connectivity index (χ3v) is 3.26. The van der Waals surface area contributed by atoms with E-state index in [1.165, 1.54) is 32.8 Å². The lowest BCUT2D eigenvalue weighted by atomic mass is 10.1. The van der Waals surface area contributed by atoms with Crippen LogP contribution < -0.4 is 0 Å². The Labute approximate surface area is 131 Å². The van der Waals surface area contributed by atoms with Crippen molar-refractivity contribution < 1.29 is 9.53 Å². The lowest BCUT2D eigenvalue weighted by Gasteiger charge is -1.99. The zero-order valence-corrected chi connectivity index (χ0v) is 13.9. The Balaban J connectivity index is 3.25. The van der Waals surface area contributed by atoms with Gasteiger partial charge in [-0.15, -0.1) is 0 Å². The first-order chi connectivity index (χ1) is 10.3. The van der Waals surface area contributed by atoms with Gasteiger partial charge in [0, 0.05) is 6.42 Å². The topological polar surface area (TPSA) is 26.3 Å². The van der Waals surface area contributed by atoms with E-state index in [4.69, 9.17) is 0 Å². The maximum Gasteiger partial charge on any atom is 0.305 e. The number of methoxy groups -OCH3 is 1. The minimum Gasteiger partial charge on any atom is -0.469 e. The average molecular weight is 292 g/mol. The van der Waals surface area contributed by atoms with Gasteiger partial charge in [-0.05, 0) is 38.5 Å². The second-order valence-corrected chi connectivity index (χ2v) is 5.18. The number of ether oxygens (including phenoxy) is 1. The van der Waals surface area contributed by atoms with Crippen LogP contribution in [0.25, 0.3) is 0 Å². The number of allylic oxidation sites excluding steroid dienone is 6. The SMILES string of the molecule is CCC=CC/C=C\C/C=C\CCCCCCCC(=O)OC. The monoisotopic (exact) mass is 292 g/mol. The molecule has 0 saturated carbocycles. The summed E-state index contributed by atoms with van der Waals surface area (Å²) in [5.41, 5.74) is 0. The van der Waals surface area contributed by atoms with Crippen molar-refractivity contribution in [3.63, 3.8) is 0 Å². The maximum atomic E-state index is 10.9. The molecule has 0 atom stereocenters. The molecule has 0 N–H and O–H groups in total. The molecule has 0 amide bonds. The summed E-state index contributed by atoms with van der Waals surface area (Å²) in [7, 11) is 1.45. The highest BCUT2D eigenvalue weighted by molar-refractivity contribution is 5.68. The van der Waals surface area contributed by atoms with Crippen LogP contribution in [-0.4, -0.2) is 13.1 Å². The standard InChI is InChI=1S/C19H32O2/c1-3-4-5-6-7-8-9-10-11-12-13-14-15-16-17-18-19(20)21-2/h4-5,7-8,10-11H,3,6,9,12-18H2,1-2H3/b5-4?,8-7-,11-10-. The van der Waals surface area contributed by atoms with E-state index >= 15 is 0 Å². The Hall–Kier alpha value is -1.31. The molecule has 2 heteroatoms. The van der Waals surface area contributed by atoms with E-state index in [9.17, 15) is 4.79 Å². The van der Waals surface area contributed by atoms with Crippen molar-refractivity contribution in [1.29, 1.82) is 0 Å². The van der Waals surface area contributed by atoms with E-state index in [-0.39, 0.29) is 5.97 Å². The van der Waals surface area contributed by atoms with Gasteiger partial charge in [-0.1, -0.05) is 62.6 Å². The minimum absolute atomic E-state index is 0.0869. The molecule has 0 unspecified atom stereocenters. The van der Waals surface area contributed by atoms with Gasteiger partial charge in [-0.3, -0.25) is 4.79 Å². The Morgan fingerprint density at radius 3 is 2.05 bits per heavy atom. The van der Waals surface area contributed by atoms with E-state index in [1.807, 2.05) is 0 Å². The second kappa shape index (κ2) is 16.7. The highest BCUT2D eigenvalue weighted by atomic mass is 16.5. The lowest BCUT2D eigenvalue weighted by Crippen LogP contribution is -1.98. The highest BCUT2D eigenvalue weighted by Gasteiger charge is 1.98. The first-order valence-electron chi connectivity index (χ1n) is 8.33. The quantitative estimate of drug-likeness (QED) is 0.245. The molecule has 0 fully saturated rings. The third-order valence-electron chi connectivity index (χ3n) is 3.26. The number of hydrogen-bond donors (Lipinski definition) is 0. The van der Waals surface area contributed by atoms with Crippen molar-refractivity contribution in [3.05, 3.63) is 36.5 Å². The Morgan fingerprint density at radius 1 is 0.810 bits per heavy atom. The van der Waals surface area contributed by atoms with Crippen LogP contribution in [-0.2, 0) is 9.53 Å². The molecule has 0 aromatic carbocycles. The molecule has 2 nitrogen and oxygen atoms in total. The molecule has 120 valence electrons. The van der Waals surface area contributed by atoms with Crippen LogP contribution in [0, 0.1) is 0 Å². The first-order valence-corrected chi connectivity index (χ1v) is 8.33. The first kappa shape index (κ1) is 19.7. The maximum absolute atomic E-state index is 10.9. The fraction of sp³-hybridized carbons (Fsp3) is 0.632. The van der Waals surface area contributed by atoms with E-state index in [2.05, 4.69) is 48.1 Å². The lowest BCUT2D eigenvalue weighted by molar-refractivity contribution is -0.140. The molecule has 0 aromatic rings. The van der Waals surface area contributed by atoms with Crippen LogP contribution >= 0.6 is 0 Å². The van der Waals surface area contributed by atoms with Crippen molar-refractivity contribution in [3.8, 4) is 0 Å². The van der Waals surface area contributed by atoms with Crippen LogP contribution in [0.2, 0.25) is 0 Å². The number of esters is 1. The largest absolute Gasteiger partial charge is 0.469 e. The number of carbonyl (C=O) groups is 1. The van der Waals surface area contributed by atoms with Gasteiger partial charge >= 0.3 is 5.97 Å². The summed E-state index contributed by atoms with van der Waals surface area (Å²) in [6, 6.07) is 0. The van der Waals surface area contributed by atoms with Gasteiger partial charge in [-0.2, -0.15) is 0 Å². The van der Waals surface area contributed by atoms with Gasteiger partial charge in [-0.25, -0.2) is 0 Å². The highest BCUT2D eigenvalue weighted by Crippen LogP contribution is 2.08. The van der Waals surface area contributed by atoms with Gasteiger partial charge in [0.15, 0.2) is 0 Å². The fourth-order valence-corrected chi connectivity index (χ4v) is 1.99. The summed E-state index contributed by atoms with van der Waals surface area (Å²) >= 11 is 0. The molecule has 0 radical (unpaired) electrons. The second-order valence-electron chi connectivity index (χ2n) is 5.18. The molecular weight excluding hydrogens is 260 g/mol. The van der Waals surface area contributed by atoms with E-state index in [0.29, 0.717) is 6.42 Å². The summed E-state index contributed by atoms with van der Waals surface area (Å²) in [6.45, 7) is 2.15. The molecule has 0 spiro atoms. The van der Waals surface area contributed by atoms with E-state index in [1.54, 1.807) is 0 Å². The van der Waals surface area contributed by atoms with Crippen molar-refractivity contribution in [1.82, 2.24) is 0 Å². The van der Waals surface area contributed by atoms with Gasteiger partial charge in [0.05, 0.1) is 7.11 Å².